The molecule has 2 unspecified atom stereocenters. The molecule has 33 heavy (non-hydrogen) atoms. The van der Waals surface area contributed by atoms with E-state index in [1.165, 1.54) is 12.0 Å². The molecule has 2 bridgehead atoms. The van der Waals surface area contributed by atoms with Crippen molar-refractivity contribution >= 4 is 34.2 Å². The van der Waals surface area contributed by atoms with Crippen molar-refractivity contribution in [1.82, 2.24) is 9.97 Å². The molecule has 0 amide bonds. The molecule has 8 rings (SSSR count). The monoisotopic (exact) mass is 484 g/mol. The first-order chi connectivity index (χ1) is 16.0. The zero-order chi connectivity index (χ0) is 22.4. The summed E-state index contributed by atoms with van der Waals surface area (Å²) < 4.78 is 13.3. The van der Waals surface area contributed by atoms with Gasteiger partial charge in [-0.05, 0) is 75.0 Å². The van der Waals surface area contributed by atoms with Gasteiger partial charge in [0.15, 0.2) is 0 Å². The van der Waals surface area contributed by atoms with Gasteiger partial charge in [-0.2, -0.15) is 4.98 Å². The van der Waals surface area contributed by atoms with Gasteiger partial charge in [0.05, 0.1) is 33.4 Å². The lowest BCUT2D eigenvalue weighted by Crippen LogP contribution is -2.61. The fourth-order valence-corrected chi connectivity index (χ4v) is 8.38. The standard InChI is InChI=1S/C25H29ClN4O2S/c26-17-4-2-15(3-5-17)16-10-18-12-19(11-16)30(18)23-27-20-13-25(8-9-25)33(32)21(20)22(28-23)29-24(14-31)6-1-7-24/h2-5,16,18-19,31H,1,6-14H2,(H,27,28,29)/t16?,18?,19?,33-/m0/s1. The van der Waals surface area contributed by atoms with Crippen LogP contribution in [-0.2, 0) is 17.2 Å². The molecule has 1 spiro atoms. The first-order valence-corrected chi connectivity index (χ1v) is 13.8. The number of hydrogen-bond acceptors (Lipinski definition) is 6. The number of aliphatic hydroxyl groups is 1. The van der Waals surface area contributed by atoms with E-state index in [4.69, 9.17) is 21.6 Å². The number of aromatic nitrogens is 2. The van der Waals surface area contributed by atoms with Crippen LogP contribution in [0.15, 0.2) is 29.2 Å². The zero-order valence-electron chi connectivity index (χ0n) is 18.6. The van der Waals surface area contributed by atoms with Crippen LogP contribution in [-0.4, -0.2) is 48.3 Å². The van der Waals surface area contributed by atoms with Crippen LogP contribution in [0.5, 0.6) is 0 Å². The average molecular weight is 485 g/mol. The number of hydrogen-bond donors (Lipinski definition) is 2. The fourth-order valence-electron chi connectivity index (χ4n) is 6.47. The van der Waals surface area contributed by atoms with E-state index in [1.807, 2.05) is 12.1 Å². The second-order valence-electron chi connectivity index (χ2n) is 10.9. The van der Waals surface area contributed by atoms with Crippen LogP contribution >= 0.6 is 11.6 Å². The Morgan fingerprint density at radius 1 is 1.09 bits per heavy atom. The summed E-state index contributed by atoms with van der Waals surface area (Å²) in [4.78, 5) is 13.2. The minimum Gasteiger partial charge on any atom is -0.394 e. The number of anilines is 2. The van der Waals surface area contributed by atoms with Crippen molar-refractivity contribution < 1.29 is 9.32 Å². The smallest absolute Gasteiger partial charge is 0.228 e. The topological polar surface area (TPSA) is 78.4 Å². The Balaban J connectivity index is 1.20. The molecule has 3 aliphatic heterocycles. The Morgan fingerprint density at radius 3 is 2.42 bits per heavy atom. The van der Waals surface area contributed by atoms with E-state index in [2.05, 4.69) is 22.3 Å². The van der Waals surface area contributed by atoms with Gasteiger partial charge in [-0.25, -0.2) is 4.98 Å². The van der Waals surface area contributed by atoms with E-state index >= 15 is 0 Å². The summed E-state index contributed by atoms with van der Waals surface area (Å²) in [6, 6.07) is 9.17. The molecular formula is C25H29ClN4O2S. The van der Waals surface area contributed by atoms with E-state index in [0.29, 0.717) is 23.8 Å². The summed E-state index contributed by atoms with van der Waals surface area (Å²) in [7, 11) is -1.06. The minimum atomic E-state index is -1.06. The lowest BCUT2D eigenvalue weighted by atomic mass is 9.71. The highest BCUT2D eigenvalue weighted by Gasteiger charge is 2.57. The summed E-state index contributed by atoms with van der Waals surface area (Å²) in [6.07, 6.45) is 9.13. The molecule has 3 aliphatic carbocycles. The third-order valence-corrected chi connectivity index (χ3v) is 11.2. The van der Waals surface area contributed by atoms with Gasteiger partial charge in [0.1, 0.15) is 10.7 Å². The summed E-state index contributed by atoms with van der Waals surface area (Å²) in [5.41, 5.74) is 2.00. The van der Waals surface area contributed by atoms with Crippen LogP contribution in [0.2, 0.25) is 5.02 Å². The Hall–Kier alpha value is -1.70. The SMILES string of the molecule is O=[S@]1c2c(nc(N3C4CC(c5ccc(Cl)cc5)CC3C4)nc2NC2(CO)CCC2)CC12CC2. The quantitative estimate of drug-likeness (QED) is 0.663. The molecule has 1 aromatic heterocycles. The third-order valence-electron chi connectivity index (χ3n) is 8.81. The van der Waals surface area contributed by atoms with Crippen molar-refractivity contribution in [3.8, 4) is 0 Å². The van der Waals surface area contributed by atoms with E-state index in [0.717, 1.165) is 72.9 Å². The summed E-state index contributed by atoms with van der Waals surface area (Å²) in [6.45, 7) is 0.0800. The molecule has 8 heteroatoms. The van der Waals surface area contributed by atoms with Crippen molar-refractivity contribution in [3.63, 3.8) is 0 Å². The Kier molecular flexibility index (Phi) is 4.48. The summed E-state index contributed by atoms with van der Waals surface area (Å²) in [5.74, 6) is 2.04. The third kappa shape index (κ3) is 3.11. The van der Waals surface area contributed by atoms with Gasteiger partial charge in [-0.1, -0.05) is 23.7 Å². The maximum atomic E-state index is 13.4. The highest BCUT2D eigenvalue weighted by molar-refractivity contribution is 7.87. The largest absolute Gasteiger partial charge is 0.394 e. The van der Waals surface area contributed by atoms with E-state index in [1.54, 1.807) is 0 Å². The van der Waals surface area contributed by atoms with Gasteiger partial charge in [-0.3, -0.25) is 4.21 Å². The summed E-state index contributed by atoms with van der Waals surface area (Å²) >= 11 is 6.09. The normalized spacial score (nSPS) is 32.1. The van der Waals surface area contributed by atoms with Crippen molar-refractivity contribution in [2.24, 2.45) is 0 Å². The number of halogens is 1. The van der Waals surface area contributed by atoms with E-state index in [-0.39, 0.29) is 16.9 Å². The minimum absolute atomic E-state index is 0.0800. The molecule has 5 fully saturated rings. The Labute approximate surface area is 201 Å². The molecule has 3 atom stereocenters. The van der Waals surface area contributed by atoms with Crippen LogP contribution in [0.25, 0.3) is 0 Å². The predicted octanol–water partition coefficient (Wildman–Crippen LogP) is 4.18. The molecular weight excluding hydrogens is 456 g/mol. The lowest BCUT2D eigenvalue weighted by molar-refractivity contribution is 0.143. The van der Waals surface area contributed by atoms with Gasteiger partial charge in [0.25, 0.3) is 0 Å². The van der Waals surface area contributed by atoms with Crippen LogP contribution < -0.4 is 10.2 Å². The van der Waals surface area contributed by atoms with E-state index in [9.17, 15) is 9.32 Å². The average Bonchev–Trinajstić information content (AvgIpc) is 3.51. The highest BCUT2D eigenvalue weighted by atomic mass is 35.5. The number of piperidine rings is 1. The second kappa shape index (κ2) is 7.15. The molecule has 2 aromatic rings. The zero-order valence-corrected chi connectivity index (χ0v) is 20.2. The van der Waals surface area contributed by atoms with Crippen LogP contribution in [0.4, 0.5) is 11.8 Å². The van der Waals surface area contributed by atoms with Gasteiger partial charge >= 0.3 is 0 Å². The number of fused-ring (bicyclic) bond motifs is 3. The molecule has 174 valence electrons. The predicted molar refractivity (Wildman–Crippen MR) is 129 cm³/mol. The van der Waals surface area contributed by atoms with Crippen molar-refractivity contribution in [2.45, 2.75) is 91.0 Å². The maximum absolute atomic E-state index is 13.4. The first kappa shape index (κ1) is 20.7. The molecule has 6 aliphatic rings. The number of nitrogens with one attached hydrogen (secondary N) is 1. The fraction of sp³-hybridized carbons (Fsp3) is 0.600. The van der Waals surface area contributed by atoms with E-state index < -0.39 is 10.8 Å². The Bertz CT molecular complexity index is 1130. The van der Waals surface area contributed by atoms with Crippen molar-refractivity contribution in [3.05, 3.63) is 40.5 Å². The molecule has 6 nitrogen and oxygen atoms in total. The van der Waals surface area contributed by atoms with Gasteiger partial charge < -0.3 is 15.3 Å². The molecule has 2 saturated heterocycles. The van der Waals surface area contributed by atoms with Crippen molar-refractivity contribution in [2.75, 3.05) is 16.8 Å². The van der Waals surface area contributed by atoms with Crippen LogP contribution in [0.3, 0.4) is 0 Å². The van der Waals surface area contributed by atoms with Gasteiger partial charge in [0.2, 0.25) is 5.95 Å². The van der Waals surface area contributed by atoms with Gasteiger partial charge in [-0.15, -0.1) is 0 Å². The number of rotatable bonds is 5. The second-order valence-corrected chi connectivity index (χ2v) is 13.1. The molecule has 2 N–H and O–H groups in total. The molecule has 4 heterocycles. The van der Waals surface area contributed by atoms with Gasteiger partial charge in [0, 0.05) is 23.5 Å². The lowest BCUT2D eigenvalue weighted by Gasteiger charge is -2.55. The summed E-state index contributed by atoms with van der Waals surface area (Å²) in [5, 5.41) is 14.4. The van der Waals surface area contributed by atoms with Crippen LogP contribution in [0.1, 0.15) is 68.5 Å². The first-order valence-electron chi connectivity index (χ1n) is 12.2. The Morgan fingerprint density at radius 2 is 1.82 bits per heavy atom. The number of benzene rings is 1. The maximum Gasteiger partial charge on any atom is 0.228 e. The molecule has 0 radical (unpaired) electrons. The number of aliphatic hydroxyl groups excluding tert-OH is 1. The van der Waals surface area contributed by atoms with Crippen LogP contribution in [0, 0.1) is 0 Å². The highest BCUT2D eigenvalue weighted by Crippen LogP contribution is 2.55. The molecule has 3 saturated carbocycles. The molecule has 1 aromatic carbocycles. The van der Waals surface area contributed by atoms with Crippen molar-refractivity contribution in [1.29, 1.82) is 0 Å². The number of nitrogens with zero attached hydrogens (tertiary/aromatic N) is 3.